The molecule has 0 saturated heterocycles. The Morgan fingerprint density at radius 3 is 2.23 bits per heavy atom. The van der Waals surface area contributed by atoms with Crippen LogP contribution in [-0.2, 0) is 14.3 Å². The summed E-state index contributed by atoms with van der Waals surface area (Å²) in [5, 5.41) is 15.1. The standard InChI is InChI=1S/C28H32N2O5/c31-26(29-19-7-5-6-18(15-19)27(32)33)25(14-17-12-13-17)30-28(34)35-16-24-22-10-3-1-8-20(22)21-9-2-4-11-23(21)24/h1-4,8-11,17-19,24-25H,5-7,12-16H2,(H,29,31)(H,30,34)(H,32,33)/t18-,19+,25-/m0/s1. The maximum Gasteiger partial charge on any atom is 0.407 e. The Bertz CT molecular complexity index is 1070. The molecule has 0 radical (unpaired) electrons. The van der Waals surface area contributed by atoms with Gasteiger partial charge in [-0.1, -0.05) is 67.8 Å². The van der Waals surface area contributed by atoms with Gasteiger partial charge in [0.1, 0.15) is 12.6 Å². The first-order valence-corrected chi connectivity index (χ1v) is 12.6. The second kappa shape index (κ2) is 10.1. The lowest BCUT2D eigenvalue weighted by Crippen LogP contribution is -2.51. The van der Waals surface area contributed by atoms with E-state index in [9.17, 15) is 19.5 Å². The van der Waals surface area contributed by atoms with Crippen LogP contribution in [-0.4, -0.2) is 41.8 Å². The second-order valence-electron chi connectivity index (χ2n) is 10.1. The van der Waals surface area contributed by atoms with Gasteiger partial charge in [-0.05, 0) is 53.9 Å². The van der Waals surface area contributed by atoms with Crippen molar-refractivity contribution in [2.24, 2.45) is 11.8 Å². The van der Waals surface area contributed by atoms with Crippen LogP contribution in [0.4, 0.5) is 4.79 Å². The first kappa shape index (κ1) is 23.4. The number of hydrogen-bond acceptors (Lipinski definition) is 4. The molecule has 3 aliphatic carbocycles. The first-order valence-electron chi connectivity index (χ1n) is 12.6. The van der Waals surface area contributed by atoms with Crippen LogP contribution in [0.3, 0.4) is 0 Å². The van der Waals surface area contributed by atoms with Crippen LogP contribution < -0.4 is 10.6 Å². The summed E-state index contributed by atoms with van der Waals surface area (Å²) in [5.74, 6) is -1.10. The monoisotopic (exact) mass is 476 g/mol. The number of benzene rings is 2. The van der Waals surface area contributed by atoms with Crippen molar-refractivity contribution >= 4 is 18.0 Å². The summed E-state index contributed by atoms with van der Waals surface area (Å²) in [6.45, 7) is 0.195. The molecule has 0 aliphatic heterocycles. The summed E-state index contributed by atoms with van der Waals surface area (Å²) < 4.78 is 5.65. The van der Waals surface area contributed by atoms with Crippen LogP contribution in [0, 0.1) is 11.8 Å². The van der Waals surface area contributed by atoms with Crippen molar-refractivity contribution in [3.8, 4) is 11.1 Å². The minimum absolute atomic E-state index is 0.0425. The molecule has 3 N–H and O–H groups in total. The maximum atomic E-state index is 13.0. The molecule has 2 fully saturated rings. The number of fused-ring (bicyclic) bond motifs is 3. The van der Waals surface area contributed by atoms with E-state index in [2.05, 4.69) is 34.9 Å². The Labute approximate surface area is 205 Å². The predicted molar refractivity (Wildman–Crippen MR) is 131 cm³/mol. The molecule has 2 aromatic carbocycles. The number of carbonyl (C=O) groups excluding carboxylic acids is 2. The number of alkyl carbamates (subject to hydrolysis) is 1. The van der Waals surface area contributed by atoms with Crippen molar-refractivity contribution in [1.82, 2.24) is 10.6 Å². The van der Waals surface area contributed by atoms with Crippen LogP contribution in [0.5, 0.6) is 0 Å². The molecule has 0 bridgehead atoms. The summed E-state index contributed by atoms with van der Waals surface area (Å²) in [6.07, 6.45) is 4.70. The number of nitrogens with one attached hydrogen (secondary N) is 2. The largest absolute Gasteiger partial charge is 0.481 e. The average Bonchev–Trinajstić information content (AvgIpc) is 3.63. The Morgan fingerprint density at radius 1 is 0.943 bits per heavy atom. The van der Waals surface area contributed by atoms with Crippen molar-refractivity contribution in [2.75, 3.05) is 6.61 Å². The zero-order valence-corrected chi connectivity index (χ0v) is 19.7. The zero-order valence-electron chi connectivity index (χ0n) is 19.7. The number of ether oxygens (including phenoxy) is 1. The number of rotatable bonds is 8. The Kier molecular flexibility index (Phi) is 6.75. The molecule has 0 heterocycles. The summed E-state index contributed by atoms with van der Waals surface area (Å²) in [5.41, 5.74) is 4.60. The van der Waals surface area contributed by atoms with Crippen LogP contribution in [0.15, 0.2) is 48.5 Å². The van der Waals surface area contributed by atoms with Crippen LogP contribution >= 0.6 is 0 Å². The molecule has 2 amide bonds. The molecular weight excluding hydrogens is 444 g/mol. The van der Waals surface area contributed by atoms with Gasteiger partial charge in [0, 0.05) is 12.0 Å². The van der Waals surface area contributed by atoms with Gasteiger partial charge in [-0.2, -0.15) is 0 Å². The van der Waals surface area contributed by atoms with Gasteiger partial charge >= 0.3 is 12.1 Å². The van der Waals surface area contributed by atoms with E-state index in [0.29, 0.717) is 25.2 Å². The van der Waals surface area contributed by atoms with E-state index < -0.39 is 24.0 Å². The maximum absolute atomic E-state index is 13.0. The Morgan fingerprint density at radius 2 is 1.60 bits per heavy atom. The summed E-state index contributed by atoms with van der Waals surface area (Å²) in [4.78, 5) is 37.2. The van der Waals surface area contributed by atoms with Crippen molar-refractivity contribution in [3.05, 3.63) is 59.7 Å². The molecule has 0 aromatic heterocycles. The van der Waals surface area contributed by atoms with Gasteiger partial charge in [-0.3, -0.25) is 9.59 Å². The molecule has 7 heteroatoms. The van der Waals surface area contributed by atoms with Crippen LogP contribution in [0.1, 0.15) is 62.0 Å². The van der Waals surface area contributed by atoms with Crippen LogP contribution in [0.25, 0.3) is 11.1 Å². The van der Waals surface area contributed by atoms with Gasteiger partial charge in [-0.25, -0.2) is 4.79 Å². The highest BCUT2D eigenvalue weighted by Gasteiger charge is 2.34. The summed E-state index contributed by atoms with van der Waals surface area (Å²) in [7, 11) is 0. The van der Waals surface area contributed by atoms with E-state index >= 15 is 0 Å². The molecule has 35 heavy (non-hydrogen) atoms. The molecule has 2 saturated carbocycles. The minimum Gasteiger partial charge on any atom is -0.481 e. The fraction of sp³-hybridized carbons (Fsp3) is 0.464. The molecule has 3 atom stereocenters. The summed E-state index contributed by atoms with van der Waals surface area (Å²) in [6, 6.07) is 15.5. The third-order valence-electron chi connectivity index (χ3n) is 7.59. The first-order chi connectivity index (χ1) is 17.0. The molecule has 184 valence electrons. The van der Waals surface area contributed by atoms with Crippen molar-refractivity contribution < 1.29 is 24.2 Å². The van der Waals surface area contributed by atoms with E-state index in [0.717, 1.165) is 47.9 Å². The molecule has 3 aliphatic rings. The normalized spacial score (nSPS) is 21.9. The highest BCUT2D eigenvalue weighted by molar-refractivity contribution is 5.86. The molecule has 7 nitrogen and oxygen atoms in total. The van der Waals surface area contributed by atoms with Gasteiger partial charge in [0.05, 0.1) is 5.92 Å². The SMILES string of the molecule is O=C(N[C@@H](CC1CC1)C(=O)N[C@@H]1CCC[C@H](C(=O)O)C1)OCC1c2ccccc2-c2ccccc21. The smallest absolute Gasteiger partial charge is 0.407 e. The number of aliphatic carboxylic acids is 1. The quantitative estimate of drug-likeness (QED) is 0.522. The molecule has 2 aromatic rings. The van der Waals surface area contributed by atoms with E-state index in [1.54, 1.807) is 0 Å². The van der Waals surface area contributed by atoms with E-state index in [4.69, 9.17) is 4.74 Å². The van der Waals surface area contributed by atoms with Gasteiger partial charge < -0.3 is 20.5 Å². The van der Waals surface area contributed by atoms with Crippen molar-refractivity contribution in [1.29, 1.82) is 0 Å². The third-order valence-corrected chi connectivity index (χ3v) is 7.59. The Hall–Kier alpha value is -3.35. The Balaban J connectivity index is 1.20. The van der Waals surface area contributed by atoms with E-state index in [-0.39, 0.29) is 24.5 Å². The van der Waals surface area contributed by atoms with Gasteiger partial charge in [0.15, 0.2) is 0 Å². The van der Waals surface area contributed by atoms with Crippen LogP contribution in [0.2, 0.25) is 0 Å². The molecule has 0 unspecified atom stereocenters. The fourth-order valence-corrected chi connectivity index (χ4v) is 5.55. The number of carboxylic acids is 1. The lowest BCUT2D eigenvalue weighted by molar-refractivity contribution is -0.143. The van der Waals surface area contributed by atoms with Gasteiger partial charge in [-0.15, -0.1) is 0 Å². The highest BCUT2D eigenvalue weighted by atomic mass is 16.5. The number of carbonyl (C=O) groups is 3. The van der Waals surface area contributed by atoms with Crippen molar-refractivity contribution in [2.45, 2.75) is 62.9 Å². The predicted octanol–water partition coefficient (Wildman–Crippen LogP) is 4.45. The molecular formula is C28H32N2O5. The minimum atomic E-state index is -0.810. The lowest BCUT2D eigenvalue weighted by Gasteiger charge is -2.29. The van der Waals surface area contributed by atoms with E-state index in [1.165, 1.54) is 0 Å². The topological polar surface area (TPSA) is 105 Å². The third kappa shape index (κ3) is 5.34. The second-order valence-corrected chi connectivity index (χ2v) is 10.1. The van der Waals surface area contributed by atoms with Crippen molar-refractivity contribution in [3.63, 3.8) is 0 Å². The number of hydrogen-bond donors (Lipinski definition) is 3. The molecule has 0 spiro atoms. The highest BCUT2D eigenvalue weighted by Crippen LogP contribution is 2.44. The van der Waals surface area contributed by atoms with E-state index in [1.807, 2.05) is 24.3 Å². The van der Waals surface area contributed by atoms with Gasteiger partial charge in [0.25, 0.3) is 0 Å². The lowest BCUT2D eigenvalue weighted by atomic mass is 9.85. The van der Waals surface area contributed by atoms with Gasteiger partial charge in [0.2, 0.25) is 5.91 Å². The zero-order chi connectivity index (χ0) is 24.4. The average molecular weight is 477 g/mol. The molecule has 5 rings (SSSR count). The number of amides is 2. The number of carboxylic acid groups (broad SMARTS) is 1. The summed E-state index contributed by atoms with van der Waals surface area (Å²) >= 11 is 0. The fourth-order valence-electron chi connectivity index (χ4n) is 5.55.